The molecule has 14 heavy (non-hydrogen) atoms. The van der Waals surface area contributed by atoms with E-state index in [1.54, 1.807) is 0 Å². The monoisotopic (exact) mass is 193 g/mol. The minimum atomic E-state index is 0.0549. The second kappa shape index (κ2) is 3.39. The Morgan fingerprint density at radius 2 is 2.21 bits per heavy atom. The molecule has 1 aliphatic rings. The summed E-state index contributed by atoms with van der Waals surface area (Å²) < 4.78 is 1.86. The first-order valence-electron chi connectivity index (χ1n) is 5.35. The van der Waals surface area contributed by atoms with Crippen LogP contribution in [0.4, 0.5) is 0 Å². The largest absolute Gasteiger partial charge is 0.305 e. The summed E-state index contributed by atoms with van der Waals surface area (Å²) in [5.74, 6) is 0. The van der Waals surface area contributed by atoms with Gasteiger partial charge in [-0.05, 0) is 26.7 Å². The van der Waals surface area contributed by atoms with Crippen LogP contribution in [-0.4, -0.2) is 15.8 Å². The van der Waals surface area contributed by atoms with Gasteiger partial charge in [0.2, 0.25) is 0 Å². The summed E-state index contributed by atoms with van der Waals surface area (Å²) in [6.45, 7) is 4.45. The SMILES string of the molecule is Cn1cc(C(C)(C)NC2CCC2)cn1. The Balaban J connectivity index is 2.06. The van der Waals surface area contributed by atoms with E-state index in [4.69, 9.17) is 0 Å². The van der Waals surface area contributed by atoms with Crippen LogP contribution in [0.15, 0.2) is 12.4 Å². The van der Waals surface area contributed by atoms with Crippen LogP contribution >= 0.6 is 0 Å². The number of rotatable bonds is 3. The third kappa shape index (κ3) is 1.82. The van der Waals surface area contributed by atoms with Crippen LogP contribution in [0.5, 0.6) is 0 Å². The van der Waals surface area contributed by atoms with Crippen molar-refractivity contribution in [1.29, 1.82) is 0 Å². The molecule has 0 aliphatic heterocycles. The van der Waals surface area contributed by atoms with Gasteiger partial charge in [-0.1, -0.05) is 6.42 Å². The number of hydrogen-bond donors (Lipinski definition) is 1. The Kier molecular flexibility index (Phi) is 2.35. The van der Waals surface area contributed by atoms with Gasteiger partial charge in [0, 0.05) is 30.4 Å². The number of hydrogen-bond acceptors (Lipinski definition) is 2. The summed E-state index contributed by atoms with van der Waals surface area (Å²) in [6, 6.07) is 0.713. The number of nitrogens with zero attached hydrogens (tertiary/aromatic N) is 2. The molecule has 1 heterocycles. The maximum Gasteiger partial charge on any atom is 0.0540 e. The molecule has 1 saturated carbocycles. The predicted molar refractivity (Wildman–Crippen MR) is 57.0 cm³/mol. The Morgan fingerprint density at radius 1 is 1.50 bits per heavy atom. The minimum Gasteiger partial charge on any atom is -0.305 e. The fourth-order valence-electron chi connectivity index (χ4n) is 1.89. The molecular weight excluding hydrogens is 174 g/mol. The number of aryl methyl sites for hydroxylation is 1. The highest BCUT2D eigenvalue weighted by molar-refractivity contribution is 5.16. The third-order valence-corrected chi connectivity index (χ3v) is 3.10. The van der Waals surface area contributed by atoms with E-state index in [1.165, 1.54) is 24.8 Å². The third-order valence-electron chi connectivity index (χ3n) is 3.10. The predicted octanol–water partition coefficient (Wildman–Crippen LogP) is 1.80. The van der Waals surface area contributed by atoms with Gasteiger partial charge in [-0.25, -0.2) is 0 Å². The molecule has 1 aromatic rings. The molecule has 0 bridgehead atoms. The van der Waals surface area contributed by atoms with Crippen molar-refractivity contribution in [3.8, 4) is 0 Å². The summed E-state index contributed by atoms with van der Waals surface area (Å²) in [4.78, 5) is 0. The normalized spacial score (nSPS) is 18.2. The van der Waals surface area contributed by atoms with Crippen LogP contribution in [-0.2, 0) is 12.6 Å². The summed E-state index contributed by atoms with van der Waals surface area (Å²) in [6.07, 6.45) is 8.06. The molecule has 3 heteroatoms. The Labute approximate surface area is 85.5 Å². The molecule has 0 saturated heterocycles. The second-order valence-corrected chi connectivity index (χ2v) is 4.80. The van der Waals surface area contributed by atoms with Crippen LogP contribution in [0.3, 0.4) is 0 Å². The first-order valence-corrected chi connectivity index (χ1v) is 5.35. The molecular formula is C11H19N3. The molecule has 0 aromatic carbocycles. The molecule has 0 unspecified atom stereocenters. The van der Waals surface area contributed by atoms with Crippen molar-refractivity contribution in [2.75, 3.05) is 0 Å². The lowest BCUT2D eigenvalue weighted by Gasteiger charge is -2.36. The first-order chi connectivity index (χ1) is 6.58. The highest BCUT2D eigenvalue weighted by atomic mass is 15.2. The highest BCUT2D eigenvalue weighted by Crippen LogP contribution is 2.26. The van der Waals surface area contributed by atoms with Gasteiger partial charge in [-0.2, -0.15) is 5.10 Å². The average molecular weight is 193 g/mol. The van der Waals surface area contributed by atoms with Crippen molar-refractivity contribution in [3.05, 3.63) is 18.0 Å². The van der Waals surface area contributed by atoms with Crippen LogP contribution in [0.1, 0.15) is 38.7 Å². The lowest BCUT2D eigenvalue weighted by Crippen LogP contribution is -2.46. The first kappa shape index (κ1) is 9.71. The van der Waals surface area contributed by atoms with Crippen LogP contribution in [0.25, 0.3) is 0 Å². The van der Waals surface area contributed by atoms with E-state index in [0.717, 1.165) is 0 Å². The van der Waals surface area contributed by atoms with Crippen LogP contribution in [0.2, 0.25) is 0 Å². The molecule has 0 spiro atoms. The van der Waals surface area contributed by atoms with Crippen LogP contribution < -0.4 is 5.32 Å². The number of nitrogens with one attached hydrogen (secondary N) is 1. The maximum absolute atomic E-state index is 4.21. The Bertz CT molecular complexity index is 310. The molecule has 2 rings (SSSR count). The lowest BCUT2D eigenvalue weighted by atomic mass is 9.88. The topological polar surface area (TPSA) is 29.9 Å². The zero-order valence-electron chi connectivity index (χ0n) is 9.25. The van der Waals surface area contributed by atoms with E-state index < -0.39 is 0 Å². The summed E-state index contributed by atoms with van der Waals surface area (Å²) in [7, 11) is 1.96. The van der Waals surface area contributed by atoms with Crippen molar-refractivity contribution in [2.45, 2.75) is 44.7 Å². The van der Waals surface area contributed by atoms with Crippen molar-refractivity contribution in [3.63, 3.8) is 0 Å². The average Bonchev–Trinajstić information content (AvgIpc) is 2.45. The van der Waals surface area contributed by atoms with Crippen molar-refractivity contribution >= 4 is 0 Å². The molecule has 1 aliphatic carbocycles. The van der Waals surface area contributed by atoms with E-state index >= 15 is 0 Å². The Hall–Kier alpha value is -0.830. The Morgan fingerprint density at radius 3 is 2.64 bits per heavy atom. The van der Waals surface area contributed by atoms with Gasteiger partial charge in [0.05, 0.1) is 6.20 Å². The molecule has 0 atom stereocenters. The molecule has 1 fully saturated rings. The van der Waals surface area contributed by atoms with Crippen molar-refractivity contribution in [1.82, 2.24) is 15.1 Å². The highest BCUT2D eigenvalue weighted by Gasteiger charge is 2.28. The van der Waals surface area contributed by atoms with Crippen molar-refractivity contribution < 1.29 is 0 Å². The fraction of sp³-hybridized carbons (Fsp3) is 0.727. The zero-order valence-corrected chi connectivity index (χ0v) is 9.25. The van der Waals surface area contributed by atoms with Gasteiger partial charge < -0.3 is 5.32 Å². The standard InChI is InChI=1S/C11H19N3/c1-11(2,13-10-5-4-6-10)9-7-12-14(3)8-9/h7-8,10,13H,4-6H2,1-3H3. The van der Waals surface area contributed by atoms with Crippen molar-refractivity contribution in [2.24, 2.45) is 7.05 Å². The van der Waals surface area contributed by atoms with E-state index in [9.17, 15) is 0 Å². The van der Waals surface area contributed by atoms with E-state index in [0.29, 0.717) is 6.04 Å². The molecule has 0 radical (unpaired) electrons. The summed E-state index contributed by atoms with van der Waals surface area (Å²) >= 11 is 0. The van der Waals surface area contributed by atoms with E-state index in [1.807, 2.05) is 17.9 Å². The fourth-order valence-corrected chi connectivity index (χ4v) is 1.89. The van der Waals surface area contributed by atoms with Gasteiger partial charge in [0.25, 0.3) is 0 Å². The van der Waals surface area contributed by atoms with E-state index in [2.05, 4.69) is 30.5 Å². The second-order valence-electron chi connectivity index (χ2n) is 4.80. The number of aromatic nitrogens is 2. The molecule has 1 aromatic heterocycles. The smallest absolute Gasteiger partial charge is 0.0540 e. The van der Waals surface area contributed by atoms with Gasteiger partial charge in [-0.15, -0.1) is 0 Å². The summed E-state index contributed by atoms with van der Waals surface area (Å²) in [5.41, 5.74) is 1.33. The maximum atomic E-state index is 4.21. The zero-order chi connectivity index (χ0) is 10.2. The molecule has 3 nitrogen and oxygen atoms in total. The minimum absolute atomic E-state index is 0.0549. The molecule has 0 amide bonds. The van der Waals surface area contributed by atoms with Crippen LogP contribution in [0, 0.1) is 0 Å². The van der Waals surface area contributed by atoms with Gasteiger partial charge in [0.1, 0.15) is 0 Å². The van der Waals surface area contributed by atoms with Gasteiger partial charge >= 0.3 is 0 Å². The lowest BCUT2D eigenvalue weighted by molar-refractivity contribution is 0.254. The quantitative estimate of drug-likeness (QED) is 0.793. The summed E-state index contributed by atoms with van der Waals surface area (Å²) in [5, 5.41) is 7.88. The van der Waals surface area contributed by atoms with Gasteiger partial charge in [-0.3, -0.25) is 4.68 Å². The molecule has 1 N–H and O–H groups in total. The van der Waals surface area contributed by atoms with Gasteiger partial charge in [0.15, 0.2) is 0 Å². The van der Waals surface area contributed by atoms with E-state index in [-0.39, 0.29) is 5.54 Å². The molecule has 78 valence electrons.